The van der Waals surface area contributed by atoms with Crippen LogP contribution in [0.3, 0.4) is 0 Å². The number of aromatic nitrogens is 2. The number of halogens is 4. The molecular formula is C25H19F4N3O3. The molecule has 1 aliphatic heterocycles. The Bertz CT molecular complexity index is 1360. The van der Waals surface area contributed by atoms with Crippen LogP contribution in [0.4, 0.5) is 17.6 Å². The molecule has 180 valence electrons. The maximum atomic E-state index is 13.6. The van der Waals surface area contributed by atoms with Gasteiger partial charge in [0.1, 0.15) is 5.82 Å². The molecule has 1 aromatic heterocycles. The Kier molecular flexibility index (Phi) is 6.00. The molecule has 2 aromatic carbocycles. The van der Waals surface area contributed by atoms with E-state index in [4.69, 9.17) is 4.84 Å². The normalized spacial score (nSPS) is 15.1. The van der Waals surface area contributed by atoms with Crippen LogP contribution in [0.2, 0.25) is 0 Å². The molecule has 0 unspecified atom stereocenters. The standard InChI is InChI=1S/C25H19F4N3O3/c1-13-4-5-14(22-23(34)24(2,3)35-32-22)8-19(13)20-12-30-18(11-31-20)10-21(33)15-6-16(25(27,28)29)9-17(26)7-15/h4-9,11-12H,10H2,1-3H3. The third-order valence-electron chi connectivity index (χ3n) is 5.51. The summed E-state index contributed by atoms with van der Waals surface area (Å²) in [5, 5.41) is 3.90. The van der Waals surface area contributed by atoms with Crippen molar-refractivity contribution >= 4 is 17.3 Å². The van der Waals surface area contributed by atoms with Gasteiger partial charge in [0.2, 0.25) is 5.78 Å². The molecule has 0 N–H and O–H groups in total. The Morgan fingerprint density at radius 1 is 1.06 bits per heavy atom. The second-order valence-corrected chi connectivity index (χ2v) is 8.62. The van der Waals surface area contributed by atoms with Gasteiger partial charge >= 0.3 is 6.18 Å². The van der Waals surface area contributed by atoms with E-state index in [0.717, 1.165) is 11.6 Å². The lowest BCUT2D eigenvalue weighted by molar-refractivity contribution is -0.137. The van der Waals surface area contributed by atoms with Crippen molar-refractivity contribution in [3.05, 3.63) is 82.6 Å². The number of ketones is 2. The molecule has 2 heterocycles. The number of nitrogens with zero attached hydrogens (tertiary/aromatic N) is 3. The van der Waals surface area contributed by atoms with Crippen LogP contribution in [-0.2, 0) is 22.2 Å². The minimum Gasteiger partial charge on any atom is -0.381 e. The molecule has 0 atom stereocenters. The van der Waals surface area contributed by atoms with E-state index in [9.17, 15) is 27.2 Å². The fourth-order valence-electron chi connectivity index (χ4n) is 3.52. The van der Waals surface area contributed by atoms with Gasteiger partial charge in [-0.05, 0) is 50.6 Å². The van der Waals surface area contributed by atoms with E-state index in [2.05, 4.69) is 15.1 Å². The zero-order chi connectivity index (χ0) is 25.5. The van der Waals surface area contributed by atoms with Crippen molar-refractivity contribution in [2.24, 2.45) is 5.16 Å². The molecule has 0 aliphatic carbocycles. The van der Waals surface area contributed by atoms with Crippen LogP contribution in [0.15, 0.2) is 53.9 Å². The predicted octanol–water partition coefficient (Wildman–Crippen LogP) is 5.12. The second-order valence-electron chi connectivity index (χ2n) is 8.62. The van der Waals surface area contributed by atoms with E-state index in [-0.39, 0.29) is 23.6 Å². The average Bonchev–Trinajstić information content (AvgIpc) is 3.06. The van der Waals surface area contributed by atoms with E-state index in [1.165, 1.54) is 12.4 Å². The van der Waals surface area contributed by atoms with Crippen LogP contribution >= 0.6 is 0 Å². The maximum Gasteiger partial charge on any atom is 0.416 e. The number of rotatable bonds is 5. The summed E-state index contributed by atoms with van der Waals surface area (Å²) in [5.41, 5.74) is 0.235. The van der Waals surface area contributed by atoms with Crippen LogP contribution in [0.5, 0.6) is 0 Å². The van der Waals surface area contributed by atoms with Crippen LogP contribution < -0.4 is 0 Å². The minimum atomic E-state index is -4.78. The van der Waals surface area contributed by atoms with E-state index in [0.29, 0.717) is 29.0 Å². The van der Waals surface area contributed by atoms with Crippen molar-refractivity contribution in [3.63, 3.8) is 0 Å². The molecule has 4 rings (SSSR count). The largest absolute Gasteiger partial charge is 0.416 e. The number of hydrogen-bond acceptors (Lipinski definition) is 6. The van der Waals surface area contributed by atoms with Gasteiger partial charge in [-0.1, -0.05) is 17.3 Å². The number of oxime groups is 1. The highest BCUT2D eigenvalue weighted by Crippen LogP contribution is 2.31. The van der Waals surface area contributed by atoms with E-state index < -0.39 is 34.5 Å². The molecule has 3 aromatic rings. The lowest BCUT2D eigenvalue weighted by atomic mass is 9.93. The van der Waals surface area contributed by atoms with Gasteiger partial charge in [-0.3, -0.25) is 19.6 Å². The first-order chi connectivity index (χ1) is 16.3. The van der Waals surface area contributed by atoms with Crippen molar-refractivity contribution in [2.45, 2.75) is 39.0 Å². The van der Waals surface area contributed by atoms with Crippen molar-refractivity contribution in [1.82, 2.24) is 9.97 Å². The van der Waals surface area contributed by atoms with E-state index in [1.54, 1.807) is 32.0 Å². The highest BCUT2D eigenvalue weighted by Gasteiger charge is 2.40. The summed E-state index contributed by atoms with van der Waals surface area (Å²) in [6.45, 7) is 5.10. The molecule has 0 radical (unpaired) electrons. The number of carbonyl (C=O) groups excluding carboxylic acids is 2. The lowest BCUT2D eigenvalue weighted by Gasteiger charge is -2.12. The Morgan fingerprint density at radius 2 is 1.80 bits per heavy atom. The summed E-state index contributed by atoms with van der Waals surface area (Å²) >= 11 is 0. The summed E-state index contributed by atoms with van der Waals surface area (Å²) in [5.74, 6) is -2.13. The first-order valence-corrected chi connectivity index (χ1v) is 10.5. The van der Waals surface area contributed by atoms with Gasteiger partial charge in [0.25, 0.3) is 0 Å². The zero-order valence-corrected chi connectivity index (χ0v) is 18.9. The van der Waals surface area contributed by atoms with Crippen LogP contribution in [-0.4, -0.2) is 32.8 Å². The van der Waals surface area contributed by atoms with E-state index >= 15 is 0 Å². The molecule has 1 aliphatic rings. The number of aryl methyl sites for hydroxylation is 1. The van der Waals surface area contributed by atoms with Gasteiger partial charge in [0.15, 0.2) is 17.1 Å². The van der Waals surface area contributed by atoms with Gasteiger partial charge < -0.3 is 4.84 Å². The number of alkyl halides is 3. The van der Waals surface area contributed by atoms with Crippen LogP contribution in [0, 0.1) is 12.7 Å². The Hall–Kier alpha value is -3.95. The molecule has 35 heavy (non-hydrogen) atoms. The van der Waals surface area contributed by atoms with Gasteiger partial charge in [0.05, 0.1) is 29.6 Å². The Balaban J connectivity index is 1.56. The Labute approximate surface area is 197 Å². The Morgan fingerprint density at radius 3 is 2.40 bits per heavy atom. The average molecular weight is 485 g/mol. The third kappa shape index (κ3) is 4.96. The van der Waals surface area contributed by atoms with E-state index in [1.807, 2.05) is 6.92 Å². The van der Waals surface area contributed by atoms with Gasteiger partial charge in [0, 0.05) is 22.9 Å². The molecule has 0 saturated carbocycles. The number of hydrogen-bond donors (Lipinski definition) is 0. The summed E-state index contributed by atoms with van der Waals surface area (Å²) in [7, 11) is 0. The quantitative estimate of drug-likeness (QED) is 0.370. The van der Waals surface area contributed by atoms with Gasteiger partial charge in [-0.25, -0.2) is 4.39 Å². The lowest BCUT2D eigenvalue weighted by Crippen LogP contribution is -2.33. The molecular weight excluding hydrogens is 466 g/mol. The summed E-state index contributed by atoms with van der Waals surface area (Å²) < 4.78 is 52.4. The molecule has 10 heteroatoms. The molecule has 0 fully saturated rings. The van der Waals surface area contributed by atoms with Crippen molar-refractivity contribution in [3.8, 4) is 11.3 Å². The topological polar surface area (TPSA) is 81.5 Å². The van der Waals surface area contributed by atoms with Crippen LogP contribution in [0.25, 0.3) is 11.3 Å². The molecule has 0 amide bonds. The summed E-state index contributed by atoms with van der Waals surface area (Å²) in [6, 6.07) is 6.98. The smallest absolute Gasteiger partial charge is 0.381 e. The fourth-order valence-corrected chi connectivity index (χ4v) is 3.52. The van der Waals surface area contributed by atoms with Gasteiger partial charge in [-0.15, -0.1) is 0 Å². The van der Waals surface area contributed by atoms with Crippen molar-refractivity contribution in [1.29, 1.82) is 0 Å². The SMILES string of the molecule is Cc1ccc(C2=NOC(C)(C)C2=O)cc1-c1cnc(CC(=O)c2cc(F)cc(C(F)(F)F)c2)cn1. The summed E-state index contributed by atoms with van der Waals surface area (Å²) in [6.07, 6.45) is -2.39. The number of carbonyl (C=O) groups is 2. The fraction of sp³-hybridized carbons (Fsp3) is 0.240. The highest BCUT2D eigenvalue weighted by molar-refractivity contribution is 6.49. The number of Topliss-reactive ketones (excluding diaryl/α,β-unsaturated/α-hetero) is 2. The minimum absolute atomic E-state index is 0.194. The van der Waals surface area contributed by atoms with Crippen molar-refractivity contribution in [2.75, 3.05) is 0 Å². The van der Waals surface area contributed by atoms with Crippen LogP contribution in [0.1, 0.15) is 46.6 Å². The van der Waals surface area contributed by atoms with Crippen molar-refractivity contribution < 1.29 is 32.0 Å². The molecule has 6 nitrogen and oxygen atoms in total. The molecule has 0 spiro atoms. The second kappa shape index (κ2) is 8.68. The van der Waals surface area contributed by atoms with Gasteiger partial charge in [-0.2, -0.15) is 13.2 Å². The third-order valence-corrected chi connectivity index (χ3v) is 5.51. The first-order valence-electron chi connectivity index (χ1n) is 10.5. The first kappa shape index (κ1) is 24.2. The number of benzene rings is 2. The maximum absolute atomic E-state index is 13.6. The predicted molar refractivity (Wildman–Crippen MR) is 118 cm³/mol. The monoisotopic (exact) mass is 485 g/mol. The molecule has 0 bridgehead atoms. The zero-order valence-electron chi connectivity index (χ0n) is 18.9. The summed E-state index contributed by atoms with van der Waals surface area (Å²) in [4.78, 5) is 38.7. The highest BCUT2D eigenvalue weighted by atomic mass is 19.4. The molecule has 0 saturated heterocycles.